The highest BCUT2D eigenvalue weighted by Crippen LogP contribution is 2.26. The van der Waals surface area contributed by atoms with Crippen LogP contribution in [-0.2, 0) is 28.9 Å². The third-order valence-corrected chi connectivity index (χ3v) is 7.39. The van der Waals surface area contributed by atoms with E-state index in [1.54, 1.807) is 11.3 Å². The first kappa shape index (κ1) is 25.4. The molecule has 1 saturated heterocycles. The highest BCUT2D eigenvalue weighted by Gasteiger charge is 2.27. The second-order valence-corrected chi connectivity index (χ2v) is 11.0. The monoisotopic (exact) mass is 518 g/mol. The number of carbonyl (C=O) groups is 1. The zero-order valence-corrected chi connectivity index (χ0v) is 22.5. The normalized spacial score (nSPS) is 16.0. The van der Waals surface area contributed by atoms with Crippen LogP contribution < -0.4 is 5.32 Å². The molecule has 0 saturated carbocycles. The van der Waals surface area contributed by atoms with Gasteiger partial charge in [0.2, 0.25) is 5.91 Å². The second kappa shape index (κ2) is 11.4. The number of hydrogen-bond donors (Lipinski definition) is 1. The van der Waals surface area contributed by atoms with Crippen LogP contribution in [0.25, 0.3) is 11.0 Å². The van der Waals surface area contributed by atoms with E-state index in [-0.39, 0.29) is 18.6 Å². The van der Waals surface area contributed by atoms with Crippen molar-refractivity contribution in [1.29, 1.82) is 0 Å². The van der Waals surface area contributed by atoms with Gasteiger partial charge < -0.3 is 19.5 Å². The van der Waals surface area contributed by atoms with Crippen molar-refractivity contribution in [3.63, 3.8) is 0 Å². The lowest BCUT2D eigenvalue weighted by atomic mass is 10.1. The molecule has 5 rings (SSSR count). The van der Waals surface area contributed by atoms with Gasteiger partial charge in [-0.2, -0.15) is 0 Å². The molecule has 0 radical (unpaired) electrons. The van der Waals surface area contributed by atoms with E-state index < -0.39 is 0 Å². The number of fused-ring (bicyclic) bond motifs is 1. The number of amides is 1. The second-order valence-electron chi connectivity index (χ2n) is 9.85. The highest BCUT2D eigenvalue weighted by molar-refractivity contribution is 7.15. The molecule has 8 nitrogen and oxygen atoms in total. The van der Waals surface area contributed by atoms with Crippen LogP contribution in [0.3, 0.4) is 0 Å². The predicted molar refractivity (Wildman–Crippen MR) is 147 cm³/mol. The van der Waals surface area contributed by atoms with Crippen molar-refractivity contribution in [2.24, 2.45) is 5.92 Å². The first-order valence-electron chi connectivity index (χ1n) is 13.0. The molecule has 1 N–H and O–H groups in total. The number of benzene rings is 1. The number of rotatable bonds is 9. The molecular weight excluding hydrogens is 484 g/mol. The van der Waals surface area contributed by atoms with Crippen LogP contribution in [-0.4, -0.2) is 50.0 Å². The van der Waals surface area contributed by atoms with Gasteiger partial charge in [-0.15, -0.1) is 11.3 Å². The standard InChI is InChI=1S/C28H34N6O2S/c1-4-8-20-16-29-28(37-20)32-25-12-7-10-22(30-25)24-17-33(13-14-36-24)27(35)18-34-23-11-6-5-9-21(23)31-26(34)15-19(2)3/h5-7,9-12,16,19,24H,4,8,13-15,17-18H2,1-3H3,(H,29,30,32)/t24-/m0/s1. The third kappa shape index (κ3) is 5.99. The maximum Gasteiger partial charge on any atom is 0.242 e. The molecule has 37 heavy (non-hydrogen) atoms. The molecule has 0 spiro atoms. The number of nitrogens with zero attached hydrogens (tertiary/aromatic N) is 5. The molecule has 1 atom stereocenters. The van der Waals surface area contributed by atoms with Gasteiger partial charge in [0.25, 0.3) is 0 Å². The maximum atomic E-state index is 13.5. The van der Waals surface area contributed by atoms with Crippen LogP contribution in [0, 0.1) is 5.92 Å². The number of thiazole rings is 1. The number of anilines is 2. The summed E-state index contributed by atoms with van der Waals surface area (Å²) in [5.74, 6) is 2.21. The van der Waals surface area contributed by atoms with Crippen LogP contribution >= 0.6 is 11.3 Å². The summed E-state index contributed by atoms with van der Waals surface area (Å²) in [5.41, 5.74) is 2.74. The first-order chi connectivity index (χ1) is 18.0. The smallest absolute Gasteiger partial charge is 0.242 e. The van der Waals surface area contributed by atoms with Crippen LogP contribution in [0.4, 0.5) is 10.9 Å². The van der Waals surface area contributed by atoms with E-state index in [9.17, 15) is 4.79 Å². The Labute approximate surface area is 221 Å². The van der Waals surface area contributed by atoms with E-state index in [1.807, 2.05) is 53.6 Å². The van der Waals surface area contributed by atoms with Crippen LogP contribution in [0.1, 0.15) is 49.7 Å². The van der Waals surface area contributed by atoms with Crippen molar-refractivity contribution in [2.45, 2.75) is 52.7 Å². The Balaban J connectivity index is 1.28. The fourth-order valence-corrected chi connectivity index (χ4v) is 5.57. The SMILES string of the molecule is CCCc1cnc(Nc2cccc([C@@H]3CN(C(=O)Cn4c(CC(C)C)nc5ccccc54)CCO3)n2)s1. The Hall–Kier alpha value is -3.30. The summed E-state index contributed by atoms with van der Waals surface area (Å²) in [6.07, 6.45) is 4.60. The van der Waals surface area contributed by atoms with Gasteiger partial charge in [0, 0.05) is 24.0 Å². The lowest BCUT2D eigenvalue weighted by Crippen LogP contribution is -2.44. The summed E-state index contributed by atoms with van der Waals surface area (Å²) < 4.78 is 8.13. The quantitative estimate of drug-likeness (QED) is 0.320. The van der Waals surface area contributed by atoms with E-state index in [0.29, 0.717) is 25.6 Å². The molecule has 0 aliphatic carbocycles. The van der Waals surface area contributed by atoms with Crippen LogP contribution in [0.15, 0.2) is 48.7 Å². The van der Waals surface area contributed by atoms with Crippen LogP contribution in [0.5, 0.6) is 0 Å². The molecule has 1 aliphatic heterocycles. The van der Waals surface area contributed by atoms with Crippen molar-refractivity contribution >= 4 is 39.2 Å². The summed E-state index contributed by atoms with van der Waals surface area (Å²) in [6, 6.07) is 13.9. The van der Waals surface area contributed by atoms with Gasteiger partial charge in [-0.05, 0) is 36.6 Å². The van der Waals surface area contributed by atoms with Crippen LogP contribution in [0.2, 0.25) is 0 Å². The van der Waals surface area contributed by atoms with Gasteiger partial charge in [-0.3, -0.25) is 4.79 Å². The van der Waals surface area contributed by atoms with Crippen molar-refractivity contribution in [3.05, 3.63) is 65.1 Å². The molecule has 0 unspecified atom stereocenters. The number of morpholine rings is 1. The Morgan fingerprint density at radius 2 is 2.05 bits per heavy atom. The van der Waals surface area contributed by atoms with E-state index in [2.05, 4.69) is 35.6 Å². The van der Waals surface area contributed by atoms with Gasteiger partial charge in [-0.25, -0.2) is 15.0 Å². The number of nitrogens with one attached hydrogen (secondary N) is 1. The molecule has 9 heteroatoms. The fraction of sp³-hybridized carbons (Fsp3) is 0.429. The molecule has 1 aliphatic rings. The van der Waals surface area contributed by atoms with Gasteiger partial charge in [0.05, 0.1) is 29.9 Å². The van der Waals surface area contributed by atoms with Crippen molar-refractivity contribution in [3.8, 4) is 0 Å². The molecule has 1 aromatic carbocycles. The molecule has 1 amide bonds. The number of ether oxygens (including phenoxy) is 1. The fourth-order valence-electron chi connectivity index (χ4n) is 4.65. The number of carbonyl (C=O) groups excluding carboxylic acids is 1. The minimum absolute atomic E-state index is 0.0713. The summed E-state index contributed by atoms with van der Waals surface area (Å²) in [7, 11) is 0. The molecule has 3 aromatic heterocycles. The van der Waals surface area contributed by atoms with E-state index in [1.165, 1.54) is 4.88 Å². The van der Waals surface area contributed by atoms with E-state index >= 15 is 0 Å². The van der Waals surface area contributed by atoms with Crippen molar-refractivity contribution in [2.75, 3.05) is 25.0 Å². The topological polar surface area (TPSA) is 85.2 Å². The Morgan fingerprint density at radius 3 is 2.89 bits per heavy atom. The van der Waals surface area contributed by atoms with Crippen molar-refractivity contribution in [1.82, 2.24) is 24.4 Å². The summed E-state index contributed by atoms with van der Waals surface area (Å²) in [4.78, 5) is 30.7. The first-order valence-corrected chi connectivity index (χ1v) is 13.8. The van der Waals surface area contributed by atoms with Gasteiger partial charge in [-0.1, -0.05) is 45.4 Å². The highest BCUT2D eigenvalue weighted by atomic mass is 32.1. The van der Waals surface area contributed by atoms with E-state index in [0.717, 1.165) is 52.8 Å². The average molecular weight is 519 g/mol. The van der Waals surface area contributed by atoms with Gasteiger partial charge in [0.15, 0.2) is 5.13 Å². The summed E-state index contributed by atoms with van der Waals surface area (Å²) >= 11 is 1.65. The Bertz CT molecular complexity index is 1360. The predicted octanol–water partition coefficient (Wildman–Crippen LogP) is 5.38. The van der Waals surface area contributed by atoms with Crippen molar-refractivity contribution < 1.29 is 9.53 Å². The Morgan fingerprint density at radius 1 is 1.19 bits per heavy atom. The minimum Gasteiger partial charge on any atom is -0.368 e. The van der Waals surface area contributed by atoms with E-state index in [4.69, 9.17) is 14.7 Å². The zero-order valence-electron chi connectivity index (χ0n) is 21.7. The number of imidazole rings is 1. The lowest BCUT2D eigenvalue weighted by Gasteiger charge is -2.33. The molecular formula is C28H34N6O2S. The molecule has 1 fully saturated rings. The molecule has 194 valence electrons. The number of aryl methyl sites for hydroxylation is 1. The lowest BCUT2D eigenvalue weighted by molar-refractivity contribution is -0.139. The number of para-hydroxylation sites is 2. The molecule has 4 heterocycles. The zero-order chi connectivity index (χ0) is 25.8. The third-order valence-electron chi connectivity index (χ3n) is 6.42. The summed E-state index contributed by atoms with van der Waals surface area (Å²) in [6.45, 7) is 8.30. The number of pyridine rings is 1. The van der Waals surface area contributed by atoms with Gasteiger partial charge >= 0.3 is 0 Å². The Kier molecular flexibility index (Phi) is 7.81. The largest absolute Gasteiger partial charge is 0.368 e. The summed E-state index contributed by atoms with van der Waals surface area (Å²) in [5, 5.41) is 4.15. The van der Waals surface area contributed by atoms with Gasteiger partial charge in [0.1, 0.15) is 24.3 Å². The number of aromatic nitrogens is 4. The average Bonchev–Trinajstić information content (AvgIpc) is 3.48. The number of hydrogen-bond acceptors (Lipinski definition) is 7. The molecule has 0 bridgehead atoms. The maximum absolute atomic E-state index is 13.5. The molecule has 4 aromatic rings. The minimum atomic E-state index is -0.277.